The van der Waals surface area contributed by atoms with Gasteiger partial charge in [0.1, 0.15) is 11.6 Å². The lowest BCUT2D eigenvalue weighted by molar-refractivity contribution is 0.0697. The van der Waals surface area contributed by atoms with E-state index in [1.807, 2.05) is 6.92 Å². The van der Waals surface area contributed by atoms with Gasteiger partial charge in [0.2, 0.25) is 0 Å². The molecule has 0 atom stereocenters. The van der Waals surface area contributed by atoms with Crippen LogP contribution in [0.15, 0.2) is 35.1 Å². The van der Waals surface area contributed by atoms with Gasteiger partial charge < -0.3 is 15.4 Å². The van der Waals surface area contributed by atoms with Gasteiger partial charge in [0.15, 0.2) is 0 Å². The van der Waals surface area contributed by atoms with E-state index in [4.69, 9.17) is 5.11 Å². The van der Waals surface area contributed by atoms with E-state index >= 15 is 0 Å². The maximum Gasteiger partial charge on any atom is 0.335 e. The smallest absolute Gasteiger partial charge is 0.335 e. The molecule has 2 rings (SSSR count). The summed E-state index contributed by atoms with van der Waals surface area (Å²) in [7, 11) is 0. The Labute approximate surface area is 109 Å². The van der Waals surface area contributed by atoms with Crippen molar-refractivity contribution < 1.29 is 9.90 Å². The summed E-state index contributed by atoms with van der Waals surface area (Å²) in [5.74, 6) is 0.0509. The number of nitrogens with one attached hydrogen (secondary N) is 2. The van der Waals surface area contributed by atoms with E-state index in [9.17, 15) is 9.59 Å². The molecule has 98 valence electrons. The predicted octanol–water partition coefficient (Wildman–Crippen LogP) is 1.77. The largest absolute Gasteiger partial charge is 0.478 e. The van der Waals surface area contributed by atoms with E-state index < -0.39 is 5.97 Å². The van der Waals surface area contributed by atoms with Crippen LogP contribution in [-0.4, -0.2) is 21.0 Å². The van der Waals surface area contributed by atoms with E-state index in [0.29, 0.717) is 23.8 Å². The first-order chi connectivity index (χ1) is 9.08. The fourth-order valence-electron chi connectivity index (χ4n) is 1.58. The third kappa shape index (κ3) is 3.19. The quantitative estimate of drug-likeness (QED) is 0.777. The molecule has 0 bridgehead atoms. The van der Waals surface area contributed by atoms with Gasteiger partial charge in [-0.3, -0.25) is 4.79 Å². The van der Waals surface area contributed by atoms with E-state index in [2.05, 4.69) is 15.3 Å². The van der Waals surface area contributed by atoms with E-state index in [1.54, 1.807) is 12.1 Å². The number of aromatic carboxylic acids is 1. The molecule has 3 N–H and O–H groups in total. The van der Waals surface area contributed by atoms with Gasteiger partial charge in [-0.05, 0) is 24.3 Å². The number of rotatable bonds is 4. The number of H-pyrrole nitrogens is 1. The van der Waals surface area contributed by atoms with Crippen molar-refractivity contribution in [3.05, 3.63) is 52.1 Å². The Balaban J connectivity index is 2.23. The van der Waals surface area contributed by atoms with E-state index in [0.717, 1.165) is 0 Å². The first kappa shape index (κ1) is 12.8. The molecule has 0 aliphatic rings. The Hall–Kier alpha value is -2.63. The minimum atomic E-state index is -0.978. The van der Waals surface area contributed by atoms with Crippen LogP contribution in [0.3, 0.4) is 0 Å². The molecule has 0 spiro atoms. The molecule has 1 aromatic heterocycles. The van der Waals surface area contributed by atoms with Crippen molar-refractivity contribution in [3.8, 4) is 0 Å². The first-order valence-corrected chi connectivity index (χ1v) is 5.79. The zero-order valence-corrected chi connectivity index (χ0v) is 10.3. The molecule has 0 aliphatic heterocycles. The summed E-state index contributed by atoms with van der Waals surface area (Å²) < 4.78 is 0. The van der Waals surface area contributed by atoms with Crippen molar-refractivity contribution in [1.29, 1.82) is 0 Å². The van der Waals surface area contributed by atoms with Crippen molar-refractivity contribution in [2.45, 2.75) is 13.3 Å². The third-order valence-electron chi connectivity index (χ3n) is 2.53. The Morgan fingerprint density at radius 3 is 2.63 bits per heavy atom. The molecule has 0 aliphatic carbocycles. The molecule has 2 aromatic rings. The summed E-state index contributed by atoms with van der Waals surface area (Å²) in [6.45, 7) is 1.89. The van der Waals surface area contributed by atoms with Gasteiger partial charge in [-0.2, -0.15) is 0 Å². The minimum Gasteiger partial charge on any atom is -0.478 e. The van der Waals surface area contributed by atoms with Crippen LogP contribution in [0.2, 0.25) is 0 Å². The lowest BCUT2D eigenvalue weighted by atomic mass is 10.2. The van der Waals surface area contributed by atoms with Crippen molar-refractivity contribution in [2.75, 3.05) is 5.32 Å². The summed E-state index contributed by atoms with van der Waals surface area (Å²) in [5, 5.41) is 11.8. The molecule has 6 nitrogen and oxygen atoms in total. The number of hydrogen-bond acceptors (Lipinski definition) is 4. The van der Waals surface area contributed by atoms with Gasteiger partial charge >= 0.3 is 5.97 Å². The highest BCUT2D eigenvalue weighted by molar-refractivity contribution is 5.88. The number of carboxylic acid groups (broad SMARTS) is 1. The van der Waals surface area contributed by atoms with Crippen LogP contribution in [0, 0.1) is 0 Å². The Bertz CT molecular complexity index is 647. The molecular formula is C13H13N3O3. The molecule has 0 saturated carbocycles. The van der Waals surface area contributed by atoms with Gasteiger partial charge in [0.25, 0.3) is 5.56 Å². The SMILES string of the molecule is CCc1nc(Nc2ccc(C(=O)O)cc2)cc(=O)[nH]1. The van der Waals surface area contributed by atoms with Crippen molar-refractivity contribution in [3.63, 3.8) is 0 Å². The summed E-state index contributed by atoms with van der Waals surface area (Å²) >= 11 is 0. The second-order valence-electron chi connectivity index (χ2n) is 3.94. The highest BCUT2D eigenvalue weighted by Gasteiger charge is 2.03. The van der Waals surface area contributed by atoms with Crippen molar-refractivity contribution >= 4 is 17.5 Å². The normalized spacial score (nSPS) is 10.2. The average molecular weight is 259 g/mol. The van der Waals surface area contributed by atoms with Crippen molar-refractivity contribution in [1.82, 2.24) is 9.97 Å². The van der Waals surface area contributed by atoms with Gasteiger partial charge in [-0.15, -0.1) is 0 Å². The zero-order valence-electron chi connectivity index (χ0n) is 10.3. The monoisotopic (exact) mass is 259 g/mol. The van der Waals surface area contributed by atoms with Crippen LogP contribution in [0.5, 0.6) is 0 Å². The molecule has 0 unspecified atom stereocenters. The molecule has 6 heteroatoms. The lowest BCUT2D eigenvalue weighted by Gasteiger charge is -2.06. The summed E-state index contributed by atoms with van der Waals surface area (Å²) in [4.78, 5) is 29.0. The van der Waals surface area contributed by atoms with Crippen molar-refractivity contribution in [2.24, 2.45) is 0 Å². The lowest BCUT2D eigenvalue weighted by Crippen LogP contribution is -2.11. The zero-order chi connectivity index (χ0) is 13.8. The number of aryl methyl sites for hydroxylation is 1. The first-order valence-electron chi connectivity index (χ1n) is 5.79. The number of benzene rings is 1. The average Bonchev–Trinajstić information content (AvgIpc) is 2.38. The second kappa shape index (κ2) is 5.34. The number of anilines is 2. The predicted molar refractivity (Wildman–Crippen MR) is 70.9 cm³/mol. The molecular weight excluding hydrogens is 246 g/mol. The molecule has 0 fully saturated rings. The molecule has 1 aromatic carbocycles. The number of carbonyl (C=O) groups is 1. The molecule has 1 heterocycles. The van der Waals surface area contributed by atoms with Gasteiger partial charge in [-0.25, -0.2) is 9.78 Å². The molecule has 19 heavy (non-hydrogen) atoms. The highest BCUT2D eigenvalue weighted by atomic mass is 16.4. The number of carboxylic acids is 1. The summed E-state index contributed by atoms with van der Waals surface area (Å²) in [5.41, 5.74) is 0.653. The number of aromatic amines is 1. The van der Waals surface area contributed by atoms with Crippen LogP contribution >= 0.6 is 0 Å². The van der Waals surface area contributed by atoms with Gasteiger partial charge in [0.05, 0.1) is 5.56 Å². The van der Waals surface area contributed by atoms with Gasteiger partial charge in [0, 0.05) is 18.2 Å². The highest BCUT2D eigenvalue weighted by Crippen LogP contribution is 2.14. The fraction of sp³-hybridized carbons (Fsp3) is 0.154. The van der Waals surface area contributed by atoms with E-state index in [1.165, 1.54) is 18.2 Å². The fourth-order valence-corrected chi connectivity index (χ4v) is 1.58. The maximum atomic E-state index is 11.4. The maximum absolute atomic E-state index is 11.4. The van der Waals surface area contributed by atoms with Crippen LogP contribution in [0.25, 0.3) is 0 Å². The standard InChI is InChI=1S/C13H13N3O3/c1-2-10-15-11(7-12(17)16-10)14-9-5-3-8(4-6-9)13(18)19/h3-7H,2H2,1H3,(H,18,19)(H2,14,15,16,17). The second-order valence-corrected chi connectivity index (χ2v) is 3.94. The third-order valence-corrected chi connectivity index (χ3v) is 2.53. The summed E-state index contributed by atoms with van der Waals surface area (Å²) in [6, 6.07) is 7.57. The number of hydrogen-bond donors (Lipinski definition) is 3. The van der Waals surface area contributed by atoms with Gasteiger partial charge in [-0.1, -0.05) is 6.92 Å². The molecule has 0 radical (unpaired) electrons. The van der Waals surface area contributed by atoms with Crippen LogP contribution < -0.4 is 10.9 Å². The number of aromatic nitrogens is 2. The number of nitrogens with zero attached hydrogens (tertiary/aromatic N) is 1. The van der Waals surface area contributed by atoms with Crippen LogP contribution in [0.4, 0.5) is 11.5 Å². The minimum absolute atomic E-state index is 0.207. The van der Waals surface area contributed by atoms with Crippen LogP contribution in [-0.2, 0) is 6.42 Å². The Morgan fingerprint density at radius 1 is 1.37 bits per heavy atom. The van der Waals surface area contributed by atoms with Crippen LogP contribution in [0.1, 0.15) is 23.1 Å². The summed E-state index contributed by atoms with van der Waals surface area (Å²) in [6.07, 6.45) is 0.628. The topological polar surface area (TPSA) is 95.1 Å². The Morgan fingerprint density at radius 2 is 2.05 bits per heavy atom. The Kier molecular flexibility index (Phi) is 3.61. The molecule has 0 amide bonds. The molecule has 0 saturated heterocycles. The van der Waals surface area contributed by atoms with E-state index in [-0.39, 0.29) is 11.1 Å².